The third-order valence-electron chi connectivity index (χ3n) is 3.96. The Kier molecular flexibility index (Phi) is 3.74. The van der Waals surface area contributed by atoms with Crippen LogP contribution in [-0.4, -0.2) is 17.0 Å². The fourth-order valence-corrected chi connectivity index (χ4v) is 3.19. The molecule has 5 heteroatoms. The topological polar surface area (TPSA) is 57.6 Å². The zero-order valence-electron chi connectivity index (χ0n) is 11.9. The van der Waals surface area contributed by atoms with E-state index in [4.69, 9.17) is 5.11 Å². The van der Waals surface area contributed by atoms with Crippen molar-refractivity contribution in [2.24, 2.45) is 0 Å². The molecule has 3 rings (SSSR count). The summed E-state index contributed by atoms with van der Waals surface area (Å²) >= 11 is 3.42. The molecule has 0 spiro atoms. The number of amides is 1. The van der Waals surface area contributed by atoms with Crippen LogP contribution >= 0.6 is 15.9 Å². The maximum Gasteiger partial charge on any atom is 0.310 e. The molecule has 0 bridgehead atoms. The zero-order valence-corrected chi connectivity index (χ0v) is 13.5. The second-order valence-electron chi connectivity index (χ2n) is 5.32. The maximum atomic E-state index is 12.5. The molecule has 22 heavy (non-hydrogen) atoms. The Balaban J connectivity index is 1.89. The smallest absolute Gasteiger partial charge is 0.310 e. The summed E-state index contributed by atoms with van der Waals surface area (Å²) in [6.45, 7) is 2.17. The summed E-state index contributed by atoms with van der Waals surface area (Å²) < 4.78 is 0.800. The average Bonchev–Trinajstić information content (AvgIpc) is 2.85. The minimum atomic E-state index is -0.860. The third kappa shape index (κ3) is 2.41. The lowest BCUT2D eigenvalue weighted by Gasteiger charge is -2.17. The van der Waals surface area contributed by atoms with Gasteiger partial charge < -0.3 is 10.0 Å². The van der Waals surface area contributed by atoms with Crippen LogP contribution in [0.15, 0.2) is 46.9 Å². The number of hydrogen-bond donors (Lipinski definition) is 1. The van der Waals surface area contributed by atoms with Gasteiger partial charge in [0.2, 0.25) is 0 Å². The Bertz CT molecular complexity index is 755. The van der Waals surface area contributed by atoms with Crippen molar-refractivity contribution in [3.05, 3.63) is 63.6 Å². The van der Waals surface area contributed by atoms with Crippen LogP contribution in [0.3, 0.4) is 0 Å². The molecular weight excluding hydrogens is 346 g/mol. The number of nitrogens with zero attached hydrogens (tertiary/aromatic N) is 1. The number of rotatable bonds is 3. The lowest BCUT2D eigenvalue weighted by atomic mass is 10.0. The Morgan fingerprint density at radius 1 is 1.23 bits per heavy atom. The number of hydrogen-bond acceptors (Lipinski definition) is 2. The van der Waals surface area contributed by atoms with E-state index in [1.807, 2.05) is 18.2 Å². The van der Waals surface area contributed by atoms with Gasteiger partial charge in [-0.05, 0) is 52.2 Å². The van der Waals surface area contributed by atoms with E-state index in [1.54, 1.807) is 36.1 Å². The molecule has 1 amide bonds. The molecule has 1 atom stereocenters. The van der Waals surface area contributed by atoms with Crippen molar-refractivity contribution < 1.29 is 14.7 Å². The SMILES string of the molecule is CC(C(=O)O)c1ccc(N2Cc3cccc(Br)c3C2=O)cc1. The number of carbonyl (C=O) groups excluding carboxylic acids is 1. The molecule has 0 saturated heterocycles. The highest BCUT2D eigenvalue weighted by Crippen LogP contribution is 2.33. The average molecular weight is 360 g/mol. The minimum Gasteiger partial charge on any atom is -0.481 e. The molecule has 1 aliphatic rings. The maximum absolute atomic E-state index is 12.5. The lowest BCUT2D eigenvalue weighted by molar-refractivity contribution is -0.138. The van der Waals surface area contributed by atoms with Crippen LogP contribution in [0.2, 0.25) is 0 Å². The van der Waals surface area contributed by atoms with E-state index < -0.39 is 11.9 Å². The Morgan fingerprint density at radius 2 is 1.91 bits per heavy atom. The van der Waals surface area contributed by atoms with Gasteiger partial charge in [-0.2, -0.15) is 0 Å². The molecule has 1 aliphatic heterocycles. The molecule has 4 nitrogen and oxygen atoms in total. The first-order valence-electron chi connectivity index (χ1n) is 6.91. The fourth-order valence-electron chi connectivity index (χ4n) is 2.61. The molecule has 2 aromatic rings. The van der Waals surface area contributed by atoms with E-state index in [1.165, 1.54) is 0 Å². The van der Waals surface area contributed by atoms with Gasteiger partial charge in [-0.15, -0.1) is 0 Å². The number of benzene rings is 2. The number of aliphatic carboxylic acids is 1. The second kappa shape index (κ2) is 5.57. The van der Waals surface area contributed by atoms with Gasteiger partial charge >= 0.3 is 5.97 Å². The first kappa shape index (κ1) is 14.8. The molecule has 112 valence electrons. The van der Waals surface area contributed by atoms with Crippen LogP contribution in [0.5, 0.6) is 0 Å². The summed E-state index contributed by atoms with van der Waals surface area (Å²) in [5, 5.41) is 9.04. The van der Waals surface area contributed by atoms with Gasteiger partial charge in [0.1, 0.15) is 0 Å². The molecule has 1 heterocycles. The van der Waals surface area contributed by atoms with Crippen LogP contribution in [0.4, 0.5) is 5.69 Å². The highest BCUT2D eigenvalue weighted by atomic mass is 79.9. The van der Waals surface area contributed by atoms with Gasteiger partial charge in [0.05, 0.1) is 18.0 Å². The van der Waals surface area contributed by atoms with Crippen molar-refractivity contribution in [1.29, 1.82) is 0 Å². The van der Waals surface area contributed by atoms with Gasteiger partial charge in [-0.1, -0.05) is 24.3 Å². The van der Waals surface area contributed by atoms with Crippen molar-refractivity contribution in [2.45, 2.75) is 19.4 Å². The highest BCUT2D eigenvalue weighted by Gasteiger charge is 2.30. The summed E-state index contributed by atoms with van der Waals surface area (Å²) in [6.07, 6.45) is 0. The standard InChI is InChI=1S/C17H14BrNO3/c1-10(17(21)22)11-5-7-13(8-6-11)19-9-12-3-2-4-14(18)15(12)16(19)20/h2-8,10H,9H2,1H3,(H,21,22). The van der Waals surface area contributed by atoms with Gasteiger partial charge in [0.15, 0.2) is 0 Å². The van der Waals surface area contributed by atoms with Crippen molar-refractivity contribution in [2.75, 3.05) is 4.90 Å². The van der Waals surface area contributed by atoms with Gasteiger partial charge in [-0.3, -0.25) is 9.59 Å². The number of carboxylic acid groups (broad SMARTS) is 1. The number of carbonyl (C=O) groups is 2. The Labute approximate surface area is 136 Å². The van der Waals surface area contributed by atoms with Crippen LogP contribution in [0, 0.1) is 0 Å². The third-order valence-corrected chi connectivity index (χ3v) is 4.62. The predicted molar refractivity (Wildman–Crippen MR) is 87.1 cm³/mol. The molecule has 0 saturated carbocycles. The zero-order chi connectivity index (χ0) is 15.9. The summed E-state index contributed by atoms with van der Waals surface area (Å²) in [5.74, 6) is -1.46. The van der Waals surface area contributed by atoms with E-state index in [0.717, 1.165) is 21.3 Å². The van der Waals surface area contributed by atoms with E-state index >= 15 is 0 Å². The summed E-state index contributed by atoms with van der Waals surface area (Å²) in [4.78, 5) is 25.3. The van der Waals surface area contributed by atoms with Crippen molar-refractivity contribution in [3.63, 3.8) is 0 Å². The Hall–Kier alpha value is -2.14. The quantitative estimate of drug-likeness (QED) is 0.906. The lowest BCUT2D eigenvalue weighted by Crippen LogP contribution is -2.23. The predicted octanol–water partition coefficient (Wildman–Crippen LogP) is 3.80. The Morgan fingerprint density at radius 3 is 2.50 bits per heavy atom. The van der Waals surface area contributed by atoms with Crippen LogP contribution in [0.1, 0.15) is 34.3 Å². The minimum absolute atomic E-state index is 0.0403. The van der Waals surface area contributed by atoms with E-state index in [0.29, 0.717) is 12.1 Å². The molecule has 2 aromatic carbocycles. The monoisotopic (exact) mass is 359 g/mol. The first-order chi connectivity index (χ1) is 10.5. The number of anilines is 1. The molecule has 0 fully saturated rings. The molecule has 0 aromatic heterocycles. The molecule has 1 unspecified atom stereocenters. The molecular formula is C17H14BrNO3. The molecule has 1 N–H and O–H groups in total. The highest BCUT2D eigenvalue weighted by molar-refractivity contribution is 9.10. The largest absolute Gasteiger partial charge is 0.481 e. The molecule has 0 aliphatic carbocycles. The van der Waals surface area contributed by atoms with Gasteiger partial charge in [0.25, 0.3) is 5.91 Å². The summed E-state index contributed by atoms with van der Waals surface area (Å²) in [6, 6.07) is 12.8. The van der Waals surface area contributed by atoms with Crippen LogP contribution < -0.4 is 4.90 Å². The first-order valence-corrected chi connectivity index (χ1v) is 7.70. The van der Waals surface area contributed by atoms with Crippen molar-refractivity contribution >= 4 is 33.5 Å². The van der Waals surface area contributed by atoms with Crippen LogP contribution in [0.25, 0.3) is 0 Å². The normalized spacial score (nSPS) is 14.8. The number of halogens is 1. The summed E-state index contributed by atoms with van der Waals surface area (Å²) in [5.41, 5.74) is 3.18. The second-order valence-corrected chi connectivity index (χ2v) is 6.17. The summed E-state index contributed by atoms with van der Waals surface area (Å²) in [7, 11) is 0. The van der Waals surface area contributed by atoms with Gasteiger partial charge in [0, 0.05) is 10.2 Å². The molecule has 0 radical (unpaired) electrons. The van der Waals surface area contributed by atoms with Crippen molar-refractivity contribution in [1.82, 2.24) is 0 Å². The number of carboxylic acids is 1. The number of fused-ring (bicyclic) bond motifs is 1. The fraction of sp³-hybridized carbons (Fsp3) is 0.176. The van der Waals surface area contributed by atoms with E-state index in [2.05, 4.69) is 15.9 Å². The van der Waals surface area contributed by atoms with Crippen LogP contribution in [-0.2, 0) is 11.3 Å². The van der Waals surface area contributed by atoms with Gasteiger partial charge in [-0.25, -0.2) is 0 Å². The van der Waals surface area contributed by atoms with E-state index in [-0.39, 0.29) is 5.91 Å². The van der Waals surface area contributed by atoms with E-state index in [9.17, 15) is 9.59 Å². The van der Waals surface area contributed by atoms with Crippen molar-refractivity contribution in [3.8, 4) is 0 Å².